The lowest BCUT2D eigenvalue weighted by atomic mass is 10.0. The Balaban J connectivity index is 1.83. The zero-order chi connectivity index (χ0) is 29.0. The molecule has 0 aliphatic carbocycles. The van der Waals surface area contributed by atoms with E-state index < -0.39 is 17.3 Å². The highest BCUT2D eigenvalue weighted by Gasteiger charge is 2.28. The summed E-state index contributed by atoms with van der Waals surface area (Å²) >= 11 is 0. The Bertz CT molecular complexity index is 1510. The number of aromatic nitrogens is 1. The molecule has 1 aromatic heterocycles. The maximum absolute atomic E-state index is 14.8. The van der Waals surface area contributed by atoms with Crippen LogP contribution in [0.1, 0.15) is 44.7 Å². The molecule has 1 aliphatic heterocycles. The van der Waals surface area contributed by atoms with E-state index in [0.29, 0.717) is 43.6 Å². The molecule has 0 spiro atoms. The average molecular weight is 550 g/mol. The number of benzene rings is 2. The summed E-state index contributed by atoms with van der Waals surface area (Å²) in [5.74, 6) is -1.51. The fraction of sp³-hybridized carbons (Fsp3) is 0.310. The number of nitrogens with zero attached hydrogens (tertiary/aromatic N) is 2. The summed E-state index contributed by atoms with van der Waals surface area (Å²) in [6.07, 6.45) is 1.87. The Hall–Kier alpha value is -4.51. The van der Waals surface area contributed by atoms with E-state index in [0.717, 1.165) is 4.90 Å². The summed E-state index contributed by atoms with van der Waals surface area (Å²) < 4.78 is 21.3. The standard InChI is InChI=1S/C29H32FN5O5/c1-17-8-9-23(22(30)14-17)33-26-24(28(38)31-3)25(18(2)29(39)34(26)4)35(16-36)21-7-5-6-19(15-21)27(37)32-20-10-12-40-13-11-20/h5-9,14-16,20,33H,10-13H2,1-4H3,(H,31,38)(H,32,37). The van der Waals surface area contributed by atoms with Crippen molar-refractivity contribution in [2.45, 2.75) is 32.7 Å². The number of halogens is 1. The molecule has 1 saturated heterocycles. The smallest absolute Gasteiger partial charge is 0.256 e. The zero-order valence-corrected chi connectivity index (χ0v) is 22.8. The second-order valence-corrected chi connectivity index (χ2v) is 9.63. The second kappa shape index (κ2) is 12.1. The van der Waals surface area contributed by atoms with Crippen LogP contribution in [-0.4, -0.2) is 49.1 Å². The van der Waals surface area contributed by atoms with E-state index in [2.05, 4.69) is 16.0 Å². The number of carbonyl (C=O) groups is 3. The average Bonchev–Trinajstić information content (AvgIpc) is 2.96. The van der Waals surface area contributed by atoms with Gasteiger partial charge in [0.2, 0.25) is 6.41 Å². The van der Waals surface area contributed by atoms with Crippen molar-refractivity contribution >= 4 is 41.1 Å². The minimum absolute atomic E-state index is 0.00651. The number of aryl methyl sites for hydroxylation is 1. The number of pyridine rings is 1. The van der Waals surface area contributed by atoms with Gasteiger partial charge in [0.15, 0.2) is 0 Å². The summed E-state index contributed by atoms with van der Waals surface area (Å²) in [4.78, 5) is 53.3. The van der Waals surface area contributed by atoms with E-state index in [-0.39, 0.29) is 46.0 Å². The molecule has 2 aromatic carbocycles. The van der Waals surface area contributed by atoms with Crippen LogP contribution in [0.3, 0.4) is 0 Å². The van der Waals surface area contributed by atoms with E-state index in [1.54, 1.807) is 31.2 Å². The second-order valence-electron chi connectivity index (χ2n) is 9.63. The largest absolute Gasteiger partial charge is 0.381 e. The first kappa shape index (κ1) is 28.5. The molecule has 1 fully saturated rings. The molecule has 0 radical (unpaired) electrons. The highest BCUT2D eigenvalue weighted by Crippen LogP contribution is 2.35. The van der Waals surface area contributed by atoms with E-state index >= 15 is 0 Å². The lowest BCUT2D eigenvalue weighted by Crippen LogP contribution is -2.39. The van der Waals surface area contributed by atoms with Gasteiger partial charge in [0.1, 0.15) is 17.2 Å². The molecule has 4 rings (SSSR count). The van der Waals surface area contributed by atoms with Crippen molar-refractivity contribution in [2.75, 3.05) is 30.5 Å². The number of rotatable bonds is 8. The van der Waals surface area contributed by atoms with E-state index in [1.165, 1.54) is 43.8 Å². The van der Waals surface area contributed by atoms with Crippen molar-refractivity contribution < 1.29 is 23.5 Å². The van der Waals surface area contributed by atoms with Crippen LogP contribution in [0.5, 0.6) is 0 Å². The molecule has 1 aliphatic rings. The highest BCUT2D eigenvalue weighted by molar-refractivity contribution is 6.09. The molecule has 0 bridgehead atoms. The van der Waals surface area contributed by atoms with Crippen LogP contribution in [0.2, 0.25) is 0 Å². The molecule has 11 heteroatoms. The molecule has 3 aromatic rings. The normalized spacial score (nSPS) is 13.4. The van der Waals surface area contributed by atoms with E-state index in [4.69, 9.17) is 4.74 Å². The number of hydrogen-bond donors (Lipinski definition) is 3. The predicted octanol–water partition coefficient (Wildman–Crippen LogP) is 3.45. The van der Waals surface area contributed by atoms with Crippen LogP contribution < -0.4 is 26.4 Å². The van der Waals surface area contributed by atoms with Crippen LogP contribution in [-0.2, 0) is 16.6 Å². The number of carbonyl (C=O) groups excluding carboxylic acids is 3. The Kier molecular flexibility index (Phi) is 8.64. The molecule has 2 heterocycles. The van der Waals surface area contributed by atoms with Gasteiger partial charge in [0.05, 0.1) is 11.4 Å². The van der Waals surface area contributed by atoms with Crippen molar-refractivity contribution in [3.8, 4) is 0 Å². The maximum Gasteiger partial charge on any atom is 0.256 e. The summed E-state index contributed by atoms with van der Waals surface area (Å²) in [6, 6.07) is 10.8. The van der Waals surface area contributed by atoms with Gasteiger partial charge < -0.3 is 20.7 Å². The topological polar surface area (TPSA) is 122 Å². The molecule has 0 saturated carbocycles. The number of amides is 3. The zero-order valence-electron chi connectivity index (χ0n) is 22.8. The third kappa shape index (κ3) is 5.74. The lowest BCUT2D eigenvalue weighted by molar-refractivity contribution is -0.106. The van der Waals surface area contributed by atoms with Crippen molar-refractivity contribution in [3.05, 3.63) is 80.9 Å². The van der Waals surface area contributed by atoms with Gasteiger partial charge in [-0.15, -0.1) is 0 Å². The number of hydrogen-bond acceptors (Lipinski definition) is 6. The Morgan fingerprint density at radius 2 is 1.82 bits per heavy atom. The van der Waals surface area contributed by atoms with Crippen LogP contribution in [0.25, 0.3) is 0 Å². The lowest BCUT2D eigenvalue weighted by Gasteiger charge is -2.27. The summed E-state index contributed by atoms with van der Waals surface area (Å²) in [5, 5.41) is 8.40. The van der Waals surface area contributed by atoms with Crippen molar-refractivity contribution in [1.82, 2.24) is 15.2 Å². The van der Waals surface area contributed by atoms with Crippen molar-refractivity contribution in [3.63, 3.8) is 0 Å². The minimum Gasteiger partial charge on any atom is -0.381 e. The Morgan fingerprint density at radius 3 is 2.48 bits per heavy atom. The molecule has 40 heavy (non-hydrogen) atoms. The monoisotopic (exact) mass is 549 g/mol. The van der Waals surface area contributed by atoms with Gasteiger partial charge in [-0.3, -0.25) is 28.6 Å². The predicted molar refractivity (Wildman–Crippen MR) is 150 cm³/mol. The number of anilines is 4. The molecule has 0 atom stereocenters. The van der Waals surface area contributed by atoms with Gasteiger partial charge in [-0.2, -0.15) is 0 Å². The fourth-order valence-electron chi connectivity index (χ4n) is 4.71. The molecule has 3 amide bonds. The fourth-order valence-corrected chi connectivity index (χ4v) is 4.71. The van der Waals surface area contributed by atoms with E-state index in [9.17, 15) is 23.6 Å². The quantitative estimate of drug-likeness (QED) is 0.370. The third-order valence-corrected chi connectivity index (χ3v) is 6.91. The van der Waals surface area contributed by atoms with Crippen molar-refractivity contribution in [2.24, 2.45) is 7.05 Å². The van der Waals surface area contributed by atoms with Crippen LogP contribution >= 0.6 is 0 Å². The molecule has 210 valence electrons. The first-order valence-electron chi connectivity index (χ1n) is 12.9. The van der Waals surface area contributed by atoms with Gasteiger partial charge in [0.25, 0.3) is 17.4 Å². The van der Waals surface area contributed by atoms with Gasteiger partial charge >= 0.3 is 0 Å². The SMILES string of the molecule is CNC(=O)c1c(N(C=O)c2cccc(C(=O)NC3CCOCC3)c2)c(C)c(=O)n(C)c1Nc1ccc(C)cc1F. The summed E-state index contributed by atoms with van der Waals surface area (Å²) in [7, 11) is 2.86. The van der Waals surface area contributed by atoms with Gasteiger partial charge in [-0.1, -0.05) is 12.1 Å². The Morgan fingerprint density at radius 1 is 1.10 bits per heavy atom. The number of ether oxygens (including phenoxy) is 1. The first-order chi connectivity index (χ1) is 19.2. The summed E-state index contributed by atoms with van der Waals surface area (Å²) in [6.45, 7) is 4.37. The van der Waals surface area contributed by atoms with Gasteiger partial charge in [-0.05, 0) is 62.6 Å². The minimum atomic E-state index is -0.607. The summed E-state index contributed by atoms with van der Waals surface area (Å²) in [5.41, 5.74) is 0.882. The van der Waals surface area contributed by atoms with Gasteiger partial charge in [0, 0.05) is 50.2 Å². The van der Waals surface area contributed by atoms with E-state index in [1.807, 2.05) is 0 Å². The first-order valence-corrected chi connectivity index (χ1v) is 12.9. The van der Waals surface area contributed by atoms with Crippen molar-refractivity contribution in [1.29, 1.82) is 0 Å². The van der Waals surface area contributed by atoms with Crippen LogP contribution in [0.4, 0.5) is 27.3 Å². The Labute approximate surface area is 231 Å². The highest BCUT2D eigenvalue weighted by atomic mass is 19.1. The maximum atomic E-state index is 14.8. The third-order valence-electron chi connectivity index (χ3n) is 6.91. The molecular weight excluding hydrogens is 517 g/mol. The van der Waals surface area contributed by atoms with Crippen LogP contribution in [0, 0.1) is 19.7 Å². The molecule has 0 unspecified atom stereocenters. The molecule has 3 N–H and O–H groups in total. The molecular formula is C29H32FN5O5. The van der Waals surface area contributed by atoms with Crippen LogP contribution in [0.15, 0.2) is 47.3 Å². The number of nitrogens with one attached hydrogen (secondary N) is 3. The van der Waals surface area contributed by atoms with Gasteiger partial charge in [-0.25, -0.2) is 4.39 Å². The molecule has 10 nitrogen and oxygen atoms in total.